The summed E-state index contributed by atoms with van der Waals surface area (Å²) in [5, 5.41) is 0.599. The van der Waals surface area contributed by atoms with Gasteiger partial charge in [-0.3, -0.25) is 4.79 Å². The molecule has 1 unspecified atom stereocenters. The van der Waals surface area contributed by atoms with Crippen LogP contribution in [-0.4, -0.2) is 37.0 Å². The van der Waals surface area contributed by atoms with E-state index in [4.69, 9.17) is 22.1 Å². The Morgan fingerprint density at radius 2 is 2.30 bits per heavy atom. The number of nitrogens with two attached hydrogens (primary N) is 1. The third-order valence-corrected chi connectivity index (χ3v) is 3.80. The molecule has 0 bridgehead atoms. The SMILES string of the molecule is CC1(CN)CCN(C(=O)COc2cccc(Cl)c2)C1.Cl. The highest BCUT2D eigenvalue weighted by Gasteiger charge is 2.34. The quantitative estimate of drug-likeness (QED) is 0.927. The third kappa shape index (κ3) is 4.27. The second-order valence-corrected chi connectivity index (χ2v) is 5.76. The second-order valence-electron chi connectivity index (χ2n) is 5.33. The molecule has 1 fully saturated rings. The molecule has 112 valence electrons. The van der Waals surface area contributed by atoms with Crippen LogP contribution >= 0.6 is 24.0 Å². The summed E-state index contributed by atoms with van der Waals surface area (Å²) in [6, 6.07) is 7.04. The number of halogens is 2. The zero-order chi connectivity index (χ0) is 13.9. The summed E-state index contributed by atoms with van der Waals surface area (Å²) < 4.78 is 5.46. The Morgan fingerprint density at radius 3 is 2.90 bits per heavy atom. The van der Waals surface area contributed by atoms with Gasteiger partial charge < -0.3 is 15.4 Å². The van der Waals surface area contributed by atoms with E-state index in [1.807, 2.05) is 4.90 Å². The van der Waals surface area contributed by atoms with Gasteiger partial charge >= 0.3 is 0 Å². The van der Waals surface area contributed by atoms with Gasteiger partial charge in [0.15, 0.2) is 6.61 Å². The predicted octanol–water partition coefficient (Wildman–Crippen LogP) is 2.34. The van der Waals surface area contributed by atoms with Gasteiger partial charge in [0.1, 0.15) is 5.75 Å². The van der Waals surface area contributed by atoms with Gasteiger partial charge in [-0.15, -0.1) is 12.4 Å². The van der Waals surface area contributed by atoms with E-state index in [9.17, 15) is 4.79 Å². The summed E-state index contributed by atoms with van der Waals surface area (Å²) in [5.41, 5.74) is 5.78. The lowest BCUT2D eigenvalue weighted by Gasteiger charge is -2.22. The number of carbonyl (C=O) groups is 1. The van der Waals surface area contributed by atoms with Crippen LogP contribution < -0.4 is 10.5 Å². The molecule has 1 amide bonds. The Kier molecular flexibility index (Phi) is 6.11. The number of benzene rings is 1. The Bertz CT molecular complexity index is 470. The first-order valence-electron chi connectivity index (χ1n) is 6.39. The molecule has 1 heterocycles. The van der Waals surface area contributed by atoms with Crippen LogP contribution in [-0.2, 0) is 4.79 Å². The Balaban J connectivity index is 0.00000200. The molecule has 0 aliphatic carbocycles. The van der Waals surface area contributed by atoms with Gasteiger partial charge in [-0.1, -0.05) is 24.6 Å². The fourth-order valence-corrected chi connectivity index (χ4v) is 2.38. The molecule has 1 atom stereocenters. The van der Waals surface area contributed by atoms with Crippen molar-refractivity contribution in [3.63, 3.8) is 0 Å². The van der Waals surface area contributed by atoms with E-state index in [0.29, 0.717) is 23.9 Å². The minimum absolute atomic E-state index is 0. The molecule has 2 rings (SSSR count). The van der Waals surface area contributed by atoms with Crippen molar-refractivity contribution >= 4 is 29.9 Å². The summed E-state index contributed by atoms with van der Waals surface area (Å²) in [7, 11) is 0. The number of hydrogen-bond donors (Lipinski definition) is 1. The first-order chi connectivity index (χ1) is 9.02. The molecule has 0 saturated carbocycles. The molecule has 1 aliphatic rings. The molecular formula is C14H20Cl2N2O2. The van der Waals surface area contributed by atoms with E-state index < -0.39 is 0 Å². The van der Waals surface area contributed by atoms with Gasteiger partial charge in [0.05, 0.1) is 0 Å². The van der Waals surface area contributed by atoms with E-state index in [2.05, 4.69) is 6.92 Å². The maximum Gasteiger partial charge on any atom is 0.260 e. The van der Waals surface area contributed by atoms with Crippen LogP contribution in [0, 0.1) is 5.41 Å². The lowest BCUT2D eigenvalue weighted by Crippen LogP contribution is -2.36. The minimum Gasteiger partial charge on any atom is -0.484 e. The molecule has 20 heavy (non-hydrogen) atoms. The molecule has 1 aliphatic heterocycles. The highest BCUT2D eigenvalue weighted by atomic mass is 35.5. The highest BCUT2D eigenvalue weighted by Crippen LogP contribution is 2.28. The van der Waals surface area contributed by atoms with Crippen molar-refractivity contribution in [2.45, 2.75) is 13.3 Å². The Labute approximate surface area is 130 Å². The van der Waals surface area contributed by atoms with Crippen molar-refractivity contribution in [3.8, 4) is 5.75 Å². The molecule has 0 radical (unpaired) electrons. The zero-order valence-corrected chi connectivity index (χ0v) is 13.0. The van der Waals surface area contributed by atoms with Gasteiger partial charge in [-0.25, -0.2) is 0 Å². The molecular weight excluding hydrogens is 299 g/mol. The van der Waals surface area contributed by atoms with Crippen molar-refractivity contribution in [2.24, 2.45) is 11.1 Å². The lowest BCUT2D eigenvalue weighted by molar-refractivity contribution is -0.132. The summed E-state index contributed by atoms with van der Waals surface area (Å²) in [6.07, 6.45) is 0.951. The van der Waals surface area contributed by atoms with Crippen molar-refractivity contribution < 1.29 is 9.53 Å². The van der Waals surface area contributed by atoms with Crippen molar-refractivity contribution in [1.82, 2.24) is 4.90 Å². The zero-order valence-electron chi connectivity index (χ0n) is 11.5. The van der Waals surface area contributed by atoms with Gasteiger partial charge in [-0.2, -0.15) is 0 Å². The van der Waals surface area contributed by atoms with Gasteiger partial charge in [0, 0.05) is 18.1 Å². The molecule has 6 heteroatoms. The average Bonchev–Trinajstić information content (AvgIpc) is 2.80. The van der Waals surface area contributed by atoms with E-state index in [1.54, 1.807) is 24.3 Å². The maximum atomic E-state index is 12.0. The third-order valence-electron chi connectivity index (χ3n) is 3.56. The number of ether oxygens (including phenoxy) is 1. The van der Waals surface area contributed by atoms with Crippen LogP contribution in [0.3, 0.4) is 0 Å². The Hall–Kier alpha value is -0.970. The first-order valence-corrected chi connectivity index (χ1v) is 6.76. The van der Waals surface area contributed by atoms with Gasteiger partial charge in [0.2, 0.25) is 0 Å². The molecule has 1 saturated heterocycles. The normalized spacial score (nSPS) is 21.4. The van der Waals surface area contributed by atoms with E-state index >= 15 is 0 Å². The molecule has 0 spiro atoms. The number of amides is 1. The highest BCUT2D eigenvalue weighted by molar-refractivity contribution is 6.30. The van der Waals surface area contributed by atoms with Crippen LogP contribution in [0.4, 0.5) is 0 Å². The van der Waals surface area contributed by atoms with E-state index in [1.165, 1.54) is 0 Å². The van der Waals surface area contributed by atoms with E-state index in [-0.39, 0.29) is 30.3 Å². The smallest absolute Gasteiger partial charge is 0.260 e. The number of rotatable bonds is 4. The van der Waals surface area contributed by atoms with Crippen LogP contribution in [0.1, 0.15) is 13.3 Å². The van der Waals surface area contributed by atoms with Gasteiger partial charge in [0.25, 0.3) is 5.91 Å². The predicted molar refractivity (Wildman–Crippen MR) is 82.6 cm³/mol. The lowest BCUT2D eigenvalue weighted by atomic mass is 9.90. The molecule has 0 aromatic heterocycles. The van der Waals surface area contributed by atoms with Gasteiger partial charge in [-0.05, 0) is 36.6 Å². The molecule has 2 N–H and O–H groups in total. The summed E-state index contributed by atoms with van der Waals surface area (Å²) >= 11 is 5.85. The minimum atomic E-state index is -0.00264. The van der Waals surface area contributed by atoms with Crippen molar-refractivity contribution in [2.75, 3.05) is 26.2 Å². The summed E-state index contributed by atoms with van der Waals surface area (Å²) in [5.74, 6) is 0.610. The maximum absolute atomic E-state index is 12.0. The van der Waals surface area contributed by atoms with Crippen molar-refractivity contribution in [3.05, 3.63) is 29.3 Å². The summed E-state index contributed by atoms with van der Waals surface area (Å²) in [4.78, 5) is 13.9. The van der Waals surface area contributed by atoms with Crippen LogP contribution in [0.2, 0.25) is 5.02 Å². The number of hydrogen-bond acceptors (Lipinski definition) is 3. The largest absolute Gasteiger partial charge is 0.484 e. The van der Waals surface area contributed by atoms with Crippen LogP contribution in [0.5, 0.6) is 5.75 Å². The number of likely N-dealkylation sites (tertiary alicyclic amines) is 1. The van der Waals surface area contributed by atoms with Crippen LogP contribution in [0.15, 0.2) is 24.3 Å². The average molecular weight is 319 g/mol. The standard InChI is InChI=1S/C14H19ClN2O2.ClH/c1-14(9-16)5-6-17(10-14)13(18)8-19-12-4-2-3-11(15)7-12;/h2-4,7H,5-6,8-10,16H2,1H3;1H. The topological polar surface area (TPSA) is 55.6 Å². The first kappa shape index (κ1) is 17.1. The van der Waals surface area contributed by atoms with E-state index in [0.717, 1.165) is 13.0 Å². The molecule has 1 aromatic carbocycles. The fraction of sp³-hybridized carbons (Fsp3) is 0.500. The second kappa shape index (κ2) is 7.16. The Morgan fingerprint density at radius 1 is 1.55 bits per heavy atom. The monoisotopic (exact) mass is 318 g/mol. The molecule has 1 aromatic rings. The van der Waals surface area contributed by atoms with Crippen LogP contribution in [0.25, 0.3) is 0 Å². The number of nitrogens with zero attached hydrogens (tertiary/aromatic N) is 1. The number of carbonyl (C=O) groups excluding carboxylic acids is 1. The fourth-order valence-electron chi connectivity index (χ4n) is 2.20. The van der Waals surface area contributed by atoms with Crippen molar-refractivity contribution in [1.29, 1.82) is 0 Å². The summed E-state index contributed by atoms with van der Waals surface area (Å²) in [6.45, 7) is 4.22. The molecule has 4 nitrogen and oxygen atoms in total.